The molecule has 0 saturated heterocycles. The summed E-state index contributed by atoms with van der Waals surface area (Å²) in [5.41, 5.74) is 0. The summed E-state index contributed by atoms with van der Waals surface area (Å²) in [6.07, 6.45) is 93.1. The summed E-state index contributed by atoms with van der Waals surface area (Å²) in [7, 11) is 0. The number of benzene rings is 1. The number of unbranched alkanes of at least 4 members (excludes halogenated alkanes) is 63. The minimum Gasteiger partial charge on any atom is -0.490 e. The van der Waals surface area contributed by atoms with Crippen molar-refractivity contribution >= 4 is 0 Å². The van der Waals surface area contributed by atoms with Gasteiger partial charge in [0.15, 0.2) is 11.5 Å². The van der Waals surface area contributed by atoms with Gasteiger partial charge < -0.3 is 14.2 Å². The van der Waals surface area contributed by atoms with Crippen LogP contribution < -0.4 is 14.2 Å². The van der Waals surface area contributed by atoms with E-state index in [0.717, 1.165) is 56.3 Å². The molecule has 0 fully saturated rings. The molecule has 1 radical (unpaired) electrons. The van der Waals surface area contributed by atoms with E-state index in [1.807, 2.05) is 12.1 Å². The average molecular weight is 1140 g/mol. The smallest absolute Gasteiger partial charge is 0.203 e. The summed E-state index contributed by atoms with van der Waals surface area (Å²) < 4.78 is 19.4. The maximum Gasteiger partial charge on any atom is 0.203 e. The average Bonchev–Trinajstić information content (AvgIpc) is 3.48. The van der Waals surface area contributed by atoms with Gasteiger partial charge >= 0.3 is 0 Å². The first-order valence-electron chi connectivity index (χ1n) is 38.3. The Morgan fingerprint density at radius 3 is 0.481 bits per heavy atom. The monoisotopic (exact) mass is 1130 g/mol. The van der Waals surface area contributed by atoms with E-state index in [9.17, 15) is 0 Å². The van der Waals surface area contributed by atoms with Crippen molar-refractivity contribution in [3.05, 3.63) is 18.2 Å². The Labute approximate surface area is 511 Å². The van der Waals surface area contributed by atoms with E-state index in [0.29, 0.717) is 0 Å². The van der Waals surface area contributed by atoms with Crippen LogP contribution in [-0.4, -0.2) is 19.8 Å². The van der Waals surface area contributed by atoms with Crippen LogP contribution in [0.25, 0.3) is 0 Å². The fraction of sp³-hybridized carbons (Fsp3) is 0.923. The lowest BCUT2D eigenvalue weighted by Gasteiger charge is -2.17. The van der Waals surface area contributed by atoms with Gasteiger partial charge in [0.05, 0.1) is 19.8 Å². The third kappa shape index (κ3) is 60.1. The van der Waals surface area contributed by atoms with Crippen molar-refractivity contribution in [1.82, 2.24) is 0 Å². The minimum absolute atomic E-state index is 0.731. The quantitative estimate of drug-likeness (QED) is 0.0609. The second kappa shape index (κ2) is 69.4. The Bertz CT molecular complexity index is 1210. The van der Waals surface area contributed by atoms with Crippen LogP contribution >= 0.6 is 0 Å². The van der Waals surface area contributed by atoms with Crippen molar-refractivity contribution in [3.63, 3.8) is 0 Å². The van der Waals surface area contributed by atoms with Crippen LogP contribution in [0.3, 0.4) is 0 Å². The summed E-state index contributed by atoms with van der Waals surface area (Å²) in [5.74, 6) is 2.46. The number of ether oxygens (including phenoxy) is 3. The number of rotatable bonds is 72. The molecule has 1 aromatic rings. The Morgan fingerprint density at radius 2 is 0.321 bits per heavy atom. The summed E-state index contributed by atoms with van der Waals surface area (Å²) in [6.45, 7) is 9.15. The number of hydrogen-bond acceptors (Lipinski definition) is 3. The molecule has 0 amide bonds. The van der Waals surface area contributed by atoms with Crippen LogP contribution in [0.15, 0.2) is 12.1 Å². The van der Waals surface area contributed by atoms with Gasteiger partial charge in [0.1, 0.15) is 0 Å². The van der Waals surface area contributed by atoms with E-state index in [-0.39, 0.29) is 0 Å². The molecule has 1 rings (SSSR count). The highest BCUT2D eigenvalue weighted by Gasteiger charge is 2.14. The Balaban J connectivity index is 2.24. The van der Waals surface area contributed by atoms with Gasteiger partial charge in [-0.1, -0.05) is 425 Å². The molecule has 0 aliphatic carbocycles. The summed E-state index contributed by atoms with van der Waals surface area (Å²) >= 11 is 0. The number of hydrogen-bond donors (Lipinski definition) is 0. The van der Waals surface area contributed by atoms with E-state index >= 15 is 0 Å². The third-order valence-corrected chi connectivity index (χ3v) is 18.1. The molecule has 3 heteroatoms. The molecule has 81 heavy (non-hydrogen) atoms. The first-order chi connectivity index (χ1) is 40.3. The highest BCUT2D eigenvalue weighted by atomic mass is 16.5. The molecular formula is C78H149O3. The Morgan fingerprint density at radius 1 is 0.185 bits per heavy atom. The molecule has 0 N–H and O–H groups in total. The highest BCUT2D eigenvalue weighted by Crippen LogP contribution is 2.38. The SMILES string of the molecule is CCCCCCCCCCCCCCCCCCCCCCCCOc1c[c]cc(OCCCCCCCCCCCCCCCCCCCCCCCC)c1OCCCCCCCCCCCCCCCCCCCCCCCC. The van der Waals surface area contributed by atoms with Crippen LogP contribution in [0.1, 0.15) is 445 Å². The molecule has 0 unspecified atom stereocenters. The molecule has 3 nitrogen and oxygen atoms in total. The van der Waals surface area contributed by atoms with E-state index in [2.05, 4.69) is 26.8 Å². The zero-order chi connectivity index (χ0) is 57.8. The fourth-order valence-electron chi connectivity index (χ4n) is 12.5. The standard InChI is InChI=1S/C78H149O3/c1-4-7-10-13-16-19-22-25-28-31-34-37-40-43-46-49-52-55-58-61-64-67-73-79-76-71-70-72-77(80-74-68-65-62-59-56-53-50-47-44-41-38-35-32-29-26-23-20-17-14-11-8-5-2)78(76)81-75-69-66-63-60-57-54-51-48-45-42-39-36-33-30-27-24-21-18-15-12-9-6-3/h71-72H,4-69,73-75H2,1-3H3. The van der Waals surface area contributed by atoms with E-state index in [1.165, 1.54) is 405 Å². The van der Waals surface area contributed by atoms with Crippen molar-refractivity contribution in [1.29, 1.82) is 0 Å². The predicted octanol–water partition coefficient (Wildman–Crippen LogP) is 28.4. The van der Waals surface area contributed by atoms with Crippen LogP contribution in [0, 0.1) is 6.07 Å². The van der Waals surface area contributed by atoms with Crippen LogP contribution in [0.5, 0.6) is 17.2 Å². The van der Waals surface area contributed by atoms with E-state index in [1.54, 1.807) is 0 Å². The topological polar surface area (TPSA) is 27.7 Å². The van der Waals surface area contributed by atoms with Gasteiger partial charge in [0.2, 0.25) is 5.75 Å². The van der Waals surface area contributed by atoms with Gasteiger partial charge in [-0.2, -0.15) is 0 Å². The lowest BCUT2D eigenvalue weighted by molar-refractivity contribution is 0.234. The molecule has 0 bridgehead atoms. The third-order valence-electron chi connectivity index (χ3n) is 18.1. The van der Waals surface area contributed by atoms with Crippen molar-refractivity contribution in [2.75, 3.05) is 19.8 Å². The Hall–Kier alpha value is -1.38. The fourth-order valence-corrected chi connectivity index (χ4v) is 12.5. The first-order valence-corrected chi connectivity index (χ1v) is 38.3. The van der Waals surface area contributed by atoms with E-state index in [4.69, 9.17) is 14.2 Å². The molecule has 0 saturated carbocycles. The van der Waals surface area contributed by atoms with E-state index < -0.39 is 0 Å². The maximum atomic E-state index is 6.55. The molecule has 0 aromatic heterocycles. The minimum atomic E-state index is 0.731. The van der Waals surface area contributed by atoms with Crippen molar-refractivity contribution < 1.29 is 14.2 Å². The molecule has 0 aliphatic heterocycles. The molecule has 1 aromatic carbocycles. The second-order valence-corrected chi connectivity index (χ2v) is 26.3. The maximum absolute atomic E-state index is 6.55. The first kappa shape index (κ1) is 77.6. The Kier molecular flexibility index (Phi) is 66.5. The van der Waals surface area contributed by atoms with Crippen LogP contribution in [0.4, 0.5) is 0 Å². The largest absolute Gasteiger partial charge is 0.490 e. The van der Waals surface area contributed by atoms with Crippen molar-refractivity contribution in [3.8, 4) is 17.2 Å². The normalized spacial score (nSPS) is 11.6. The lowest BCUT2D eigenvalue weighted by Crippen LogP contribution is -2.06. The van der Waals surface area contributed by atoms with Gasteiger partial charge in [0.25, 0.3) is 0 Å². The summed E-state index contributed by atoms with van der Waals surface area (Å²) in [6, 6.07) is 7.31. The van der Waals surface area contributed by atoms with Crippen LogP contribution in [-0.2, 0) is 0 Å². The second-order valence-electron chi connectivity index (χ2n) is 26.3. The predicted molar refractivity (Wildman–Crippen MR) is 364 cm³/mol. The zero-order valence-electron chi connectivity index (χ0n) is 56.2. The van der Waals surface area contributed by atoms with Crippen LogP contribution in [0.2, 0.25) is 0 Å². The summed E-state index contributed by atoms with van der Waals surface area (Å²) in [5, 5.41) is 0. The molecule has 0 aliphatic rings. The zero-order valence-corrected chi connectivity index (χ0v) is 56.2. The molecule has 0 atom stereocenters. The van der Waals surface area contributed by atoms with Gasteiger partial charge in [-0.25, -0.2) is 0 Å². The van der Waals surface area contributed by atoms with Crippen molar-refractivity contribution in [2.45, 2.75) is 445 Å². The molecule has 0 heterocycles. The molecule has 0 spiro atoms. The molecule has 479 valence electrons. The summed E-state index contributed by atoms with van der Waals surface area (Å²) in [4.78, 5) is 0. The van der Waals surface area contributed by atoms with Gasteiger partial charge in [-0.15, -0.1) is 0 Å². The van der Waals surface area contributed by atoms with Gasteiger partial charge in [-0.05, 0) is 37.5 Å². The lowest BCUT2D eigenvalue weighted by atomic mass is 10.0. The van der Waals surface area contributed by atoms with Crippen molar-refractivity contribution in [2.24, 2.45) is 0 Å². The molecular weight excluding hydrogens is 985 g/mol. The highest BCUT2D eigenvalue weighted by molar-refractivity contribution is 5.50. The van der Waals surface area contributed by atoms with Gasteiger partial charge in [0, 0.05) is 0 Å². The van der Waals surface area contributed by atoms with Gasteiger partial charge in [-0.3, -0.25) is 0 Å².